The zero-order chi connectivity index (χ0) is 11.7. The van der Waals surface area contributed by atoms with Crippen molar-refractivity contribution < 1.29 is 0 Å². The molecule has 90 valence electrons. The van der Waals surface area contributed by atoms with Crippen LogP contribution < -0.4 is 5.73 Å². The van der Waals surface area contributed by atoms with Gasteiger partial charge in [0.1, 0.15) is 11.0 Å². The molecule has 1 aromatic heterocycles. The van der Waals surface area contributed by atoms with Crippen molar-refractivity contribution in [1.82, 2.24) is 9.55 Å². The summed E-state index contributed by atoms with van der Waals surface area (Å²) in [6.07, 6.45) is 3.31. The third kappa shape index (κ3) is 2.11. The minimum Gasteiger partial charge on any atom is -0.330 e. The number of rotatable bonds is 3. The minimum absolute atomic E-state index is 0.401. The lowest BCUT2D eigenvalue weighted by Crippen LogP contribution is -2.21. The van der Waals surface area contributed by atoms with Gasteiger partial charge in [-0.15, -0.1) is 0 Å². The molecule has 0 aromatic carbocycles. The second kappa shape index (κ2) is 4.76. The summed E-state index contributed by atoms with van der Waals surface area (Å²) in [6, 6.07) is 0. The van der Waals surface area contributed by atoms with Gasteiger partial charge >= 0.3 is 0 Å². The van der Waals surface area contributed by atoms with Gasteiger partial charge in [-0.3, -0.25) is 0 Å². The topological polar surface area (TPSA) is 43.8 Å². The first-order valence-corrected chi connectivity index (χ1v) is 6.46. The lowest BCUT2D eigenvalue weighted by molar-refractivity contribution is 0.366. The van der Waals surface area contributed by atoms with Crippen LogP contribution in [-0.2, 0) is 13.0 Å². The molecule has 2 N–H and O–H groups in total. The van der Waals surface area contributed by atoms with Crippen LogP contribution in [0.1, 0.15) is 44.1 Å². The Balaban J connectivity index is 2.23. The summed E-state index contributed by atoms with van der Waals surface area (Å²) in [5.74, 6) is 2.24. The molecule has 1 atom stereocenters. The molecule has 3 nitrogen and oxygen atoms in total. The van der Waals surface area contributed by atoms with Crippen molar-refractivity contribution in [2.45, 2.75) is 45.6 Å². The second-order valence-electron chi connectivity index (χ2n) is 4.95. The van der Waals surface area contributed by atoms with Crippen molar-refractivity contribution >= 4 is 11.6 Å². The second-order valence-corrected chi connectivity index (χ2v) is 5.30. The largest absolute Gasteiger partial charge is 0.330 e. The van der Waals surface area contributed by atoms with Crippen LogP contribution in [0.5, 0.6) is 0 Å². The van der Waals surface area contributed by atoms with E-state index in [1.54, 1.807) is 0 Å². The first kappa shape index (κ1) is 11.9. The van der Waals surface area contributed by atoms with E-state index in [2.05, 4.69) is 23.4 Å². The monoisotopic (exact) mass is 241 g/mol. The van der Waals surface area contributed by atoms with Crippen molar-refractivity contribution in [2.24, 2.45) is 11.7 Å². The van der Waals surface area contributed by atoms with Crippen LogP contribution in [0.4, 0.5) is 0 Å². The number of nitrogens with two attached hydrogens (primary N) is 1. The van der Waals surface area contributed by atoms with Crippen LogP contribution in [-0.4, -0.2) is 16.1 Å². The van der Waals surface area contributed by atoms with E-state index in [0.717, 1.165) is 42.6 Å². The van der Waals surface area contributed by atoms with E-state index in [1.165, 1.54) is 6.42 Å². The van der Waals surface area contributed by atoms with Gasteiger partial charge in [-0.05, 0) is 31.2 Å². The highest BCUT2D eigenvalue weighted by Crippen LogP contribution is 2.31. The Hall–Kier alpha value is -0.540. The van der Waals surface area contributed by atoms with Crippen molar-refractivity contribution in [3.05, 3.63) is 16.7 Å². The minimum atomic E-state index is 0.401. The number of nitrogens with zero attached hydrogens (tertiary/aromatic N) is 2. The number of imidazole rings is 1. The van der Waals surface area contributed by atoms with Gasteiger partial charge in [0.05, 0.1) is 5.69 Å². The molecule has 2 heterocycles. The Kier molecular flexibility index (Phi) is 3.55. The Bertz CT molecular complexity index is 371. The molecule has 2 rings (SSSR count). The third-order valence-electron chi connectivity index (χ3n) is 3.36. The van der Waals surface area contributed by atoms with Crippen molar-refractivity contribution in [3.8, 4) is 0 Å². The first-order chi connectivity index (χ1) is 7.63. The Labute approximate surface area is 102 Å². The molecule has 0 saturated carbocycles. The van der Waals surface area contributed by atoms with Crippen LogP contribution in [0.15, 0.2) is 0 Å². The molecule has 0 radical (unpaired) electrons. The predicted molar refractivity (Wildman–Crippen MR) is 66.8 cm³/mol. The average Bonchev–Trinajstić information content (AvgIpc) is 2.56. The van der Waals surface area contributed by atoms with Crippen molar-refractivity contribution in [1.29, 1.82) is 0 Å². The highest BCUT2D eigenvalue weighted by Gasteiger charge is 2.24. The summed E-state index contributed by atoms with van der Waals surface area (Å²) in [6.45, 7) is 6.05. The predicted octanol–water partition coefficient (Wildman–Crippen LogP) is 2.57. The van der Waals surface area contributed by atoms with Gasteiger partial charge in [0.15, 0.2) is 0 Å². The maximum atomic E-state index is 6.34. The molecule has 1 unspecified atom stereocenters. The summed E-state index contributed by atoms with van der Waals surface area (Å²) in [4.78, 5) is 4.67. The van der Waals surface area contributed by atoms with Gasteiger partial charge in [-0.1, -0.05) is 25.4 Å². The first-order valence-electron chi connectivity index (χ1n) is 6.08. The molecule has 16 heavy (non-hydrogen) atoms. The lowest BCUT2D eigenvalue weighted by Gasteiger charge is -2.23. The zero-order valence-corrected chi connectivity index (χ0v) is 10.8. The van der Waals surface area contributed by atoms with Crippen LogP contribution in [0, 0.1) is 5.92 Å². The summed E-state index contributed by atoms with van der Waals surface area (Å²) < 4.78 is 2.17. The number of halogens is 1. The van der Waals surface area contributed by atoms with E-state index < -0.39 is 0 Å². The Morgan fingerprint density at radius 3 is 2.94 bits per heavy atom. The highest BCUT2D eigenvalue weighted by atomic mass is 35.5. The summed E-state index contributed by atoms with van der Waals surface area (Å²) >= 11 is 6.34. The number of hydrogen-bond acceptors (Lipinski definition) is 2. The molecule has 1 aromatic rings. The molecule has 0 spiro atoms. The van der Waals surface area contributed by atoms with Crippen LogP contribution in [0.2, 0.25) is 5.15 Å². The quantitative estimate of drug-likeness (QED) is 0.884. The smallest absolute Gasteiger partial charge is 0.132 e. The molecule has 1 aliphatic heterocycles. The van der Waals surface area contributed by atoms with Crippen LogP contribution in [0.3, 0.4) is 0 Å². The molecular weight excluding hydrogens is 222 g/mol. The van der Waals surface area contributed by atoms with Gasteiger partial charge in [-0.2, -0.15) is 0 Å². The van der Waals surface area contributed by atoms with Crippen molar-refractivity contribution in [2.75, 3.05) is 6.54 Å². The molecule has 0 amide bonds. The molecule has 1 aliphatic rings. The third-order valence-corrected chi connectivity index (χ3v) is 3.76. The molecule has 4 heteroatoms. The fourth-order valence-corrected chi connectivity index (χ4v) is 2.84. The van der Waals surface area contributed by atoms with E-state index in [9.17, 15) is 0 Å². The summed E-state index contributed by atoms with van der Waals surface area (Å²) in [5.41, 5.74) is 6.66. The van der Waals surface area contributed by atoms with Gasteiger partial charge in [0.25, 0.3) is 0 Å². The lowest BCUT2D eigenvalue weighted by atomic mass is 9.94. The number of aromatic nitrogens is 2. The molecule has 0 saturated heterocycles. The van der Waals surface area contributed by atoms with Gasteiger partial charge in [0, 0.05) is 13.0 Å². The van der Waals surface area contributed by atoms with E-state index >= 15 is 0 Å². The van der Waals surface area contributed by atoms with E-state index in [0.29, 0.717) is 11.8 Å². The maximum Gasteiger partial charge on any atom is 0.132 e. The Morgan fingerprint density at radius 1 is 1.56 bits per heavy atom. The van der Waals surface area contributed by atoms with E-state index in [-0.39, 0.29) is 0 Å². The van der Waals surface area contributed by atoms with Gasteiger partial charge in [0.2, 0.25) is 0 Å². The van der Waals surface area contributed by atoms with Crippen LogP contribution >= 0.6 is 11.6 Å². The summed E-state index contributed by atoms with van der Waals surface area (Å²) in [5, 5.41) is 0.844. The number of hydrogen-bond donors (Lipinski definition) is 1. The fraction of sp³-hybridized carbons (Fsp3) is 0.750. The molecule has 0 fully saturated rings. The summed E-state index contributed by atoms with van der Waals surface area (Å²) in [7, 11) is 0. The maximum absolute atomic E-state index is 6.34. The molecule has 0 aliphatic carbocycles. The standard InChI is InChI=1S/C12H20ClN3/c1-8(2)11-12(13)16-6-4-9(3-5-14)7-10(16)15-11/h8-9H,3-7,14H2,1-2H3. The Morgan fingerprint density at radius 2 is 2.31 bits per heavy atom. The van der Waals surface area contributed by atoms with E-state index in [1.807, 2.05) is 0 Å². The van der Waals surface area contributed by atoms with E-state index in [4.69, 9.17) is 17.3 Å². The van der Waals surface area contributed by atoms with Crippen LogP contribution in [0.25, 0.3) is 0 Å². The molecule has 0 bridgehead atoms. The fourth-order valence-electron chi connectivity index (χ4n) is 2.40. The average molecular weight is 242 g/mol. The molecular formula is C12H20ClN3. The number of fused-ring (bicyclic) bond motifs is 1. The SMILES string of the molecule is CC(C)c1nc2n(c1Cl)CCC(CCN)C2. The van der Waals surface area contributed by atoms with Crippen molar-refractivity contribution in [3.63, 3.8) is 0 Å². The highest BCUT2D eigenvalue weighted by molar-refractivity contribution is 6.30. The van der Waals surface area contributed by atoms with Gasteiger partial charge < -0.3 is 10.3 Å². The normalized spacial score (nSPS) is 20.2. The zero-order valence-electron chi connectivity index (χ0n) is 10.0. The van der Waals surface area contributed by atoms with Gasteiger partial charge in [-0.25, -0.2) is 4.98 Å².